The third kappa shape index (κ3) is 4.02. The van der Waals surface area contributed by atoms with Gasteiger partial charge >= 0.3 is 0 Å². The molecule has 0 amide bonds. The molecular formula is C16H20ClN3O. The van der Waals surface area contributed by atoms with Crippen LogP contribution in [0.5, 0.6) is 5.75 Å². The Morgan fingerprint density at radius 2 is 1.95 bits per heavy atom. The molecule has 0 unspecified atom stereocenters. The van der Waals surface area contributed by atoms with Crippen molar-refractivity contribution in [1.82, 2.24) is 4.98 Å². The summed E-state index contributed by atoms with van der Waals surface area (Å²) < 4.78 is 0. The molecule has 0 atom stereocenters. The molecule has 5 heteroatoms. The zero-order chi connectivity index (χ0) is 15.2. The summed E-state index contributed by atoms with van der Waals surface area (Å²) in [6.45, 7) is 6.59. The van der Waals surface area contributed by atoms with Crippen molar-refractivity contribution < 1.29 is 5.11 Å². The number of aromatic hydroxyl groups is 1. The lowest BCUT2D eigenvalue weighted by Gasteiger charge is -2.19. The molecule has 1 aromatic heterocycles. The Kier molecular flexibility index (Phi) is 5.28. The van der Waals surface area contributed by atoms with Gasteiger partial charge in [0.2, 0.25) is 0 Å². The summed E-state index contributed by atoms with van der Waals surface area (Å²) in [5.74, 6) is 1.20. The van der Waals surface area contributed by atoms with Gasteiger partial charge in [-0.05, 0) is 44.2 Å². The first-order valence-corrected chi connectivity index (χ1v) is 7.44. The van der Waals surface area contributed by atoms with Crippen molar-refractivity contribution in [1.29, 1.82) is 0 Å². The van der Waals surface area contributed by atoms with Crippen molar-refractivity contribution in [2.75, 3.05) is 23.3 Å². The van der Waals surface area contributed by atoms with E-state index in [2.05, 4.69) is 29.0 Å². The van der Waals surface area contributed by atoms with Crippen LogP contribution in [-0.2, 0) is 6.54 Å². The van der Waals surface area contributed by atoms with E-state index in [4.69, 9.17) is 11.6 Å². The van der Waals surface area contributed by atoms with Crippen LogP contribution >= 0.6 is 11.6 Å². The summed E-state index contributed by atoms with van der Waals surface area (Å²) in [4.78, 5) is 6.63. The molecule has 0 aliphatic carbocycles. The third-order valence-electron chi connectivity index (χ3n) is 3.36. The molecule has 1 aromatic carbocycles. The minimum absolute atomic E-state index is 0.236. The molecule has 2 aromatic rings. The molecular weight excluding hydrogens is 286 g/mol. The predicted molar refractivity (Wildman–Crippen MR) is 88.2 cm³/mol. The fourth-order valence-electron chi connectivity index (χ4n) is 2.12. The van der Waals surface area contributed by atoms with Gasteiger partial charge in [-0.25, -0.2) is 4.98 Å². The Balaban J connectivity index is 2.02. The third-order valence-corrected chi connectivity index (χ3v) is 3.59. The first-order chi connectivity index (χ1) is 10.1. The van der Waals surface area contributed by atoms with E-state index < -0.39 is 0 Å². The van der Waals surface area contributed by atoms with E-state index >= 15 is 0 Å². The summed E-state index contributed by atoms with van der Waals surface area (Å²) in [6, 6.07) is 9.00. The SMILES string of the molecule is CCN(CC)c1ccc(NCc2cc(Cl)ccc2O)cn1. The smallest absolute Gasteiger partial charge is 0.128 e. The summed E-state index contributed by atoms with van der Waals surface area (Å²) in [5.41, 5.74) is 1.67. The van der Waals surface area contributed by atoms with Gasteiger partial charge in [-0.15, -0.1) is 0 Å². The number of hydrogen-bond acceptors (Lipinski definition) is 4. The van der Waals surface area contributed by atoms with Gasteiger partial charge in [0, 0.05) is 30.2 Å². The van der Waals surface area contributed by atoms with Gasteiger partial charge in [-0.2, -0.15) is 0 Å². The van der Waals surface area contributed by atoms with Crippen LogP contribution in [0.3, 0.4) is 0 Å². The van der Waals surface area contributed by atoms with Crippen molar-refractivity contribution >= 4 is 23.1 Å². The standard InChI is InChI=1S/C16H20ClN3O/c1-3-20(4-2)16-8-6-14(11-19-16)18-10-12-9-13(17)5-7-15(12)21/h5-9,11,18,21H,3-4,10H2,1-2H3. The second kappa shape index (κ2) is 7.18. The highest BCUT2D eigenvalue weighted by Gasteiger charge is 2.04. The maximum atomic E-state index is 9.77. The van der Waals surface area contributed by atoms with E-state index in [0.29, 0.717) is 11.6 Å². The minimum Gasteiger partial charge on any atom is -0.508 e. The number of hydrogen-bond donors (Lipinski definition) is 2. The van der Waals surface area contributed by atoms with Crippen LogP contribution in [0.2, 0.25) is 5.02 Å². The number of aromatic nitrogens is 1. The van der Waals surface area contributed by atoms with Gasteiger partial charge in [-0.3, -0.25) is 0 Å². The number of phenolic OH excluding ortho intramolecular Hbond substituents is 1. The average molecular weight is 306 g/mol. The number of pyridine rings is 1. The Hall–Kier alpha value is -1.94. The van der Waals surface area contributed by atoms with Crippen molar-refractivity contribution in [2.45, 2.75) is 20.4 Å². The van der Waals surface area contributed by atoms with Crippen molar-refractivity contribution in [3.8, 4) is 5.75 Å². The number of anilines is 2. The van der Waals surface area contributed by atoms with Crippen LogP contribution in [0.1, 0.15) is 19.4 Å². The Bertz CT molecular complexity index is 583. The molecule has 2 rings (SSSR count). The molecule has 0 radical (unpaired) electrons. The minimum atomic E-state index is 0.236. The summed E-state index contributed by atoms with van der Waals surface area (Å²) in [5, 5.41) is 13.6. The van der Waals surface area contributed by atoms with Crippen LogP contribution in [0, 0.1) is 0 Å². The molecule has 0 aliphatic heterocycles. The van der Waals surface area contributed by atoms with Gasteiger partial charge in [0.25, 0.3) is 0 Å². The molecule has 0 fully saturated rings. The molecule has 112 valence electrons. The number of benzene rings is 1. The monoisotopic (exact) mass is 305 g/mol. The number of nitrogens with zero attached hydrogens (tertiary/aromatic N) is 2. The first-order valence-electron chi connectivity index (χ1n) is 7.06. The molecule has 4 nitrogen and oxygen atoms in total. The van der Waals surface area contributed by atoms with E-state index in [1.54, 1.807) is 24.4 Å². The van der Waals surface area contributed by atoms with Crippen LogP contribution in [0.15, 0.2) is 36.5 Å². The van der Waals surface area contributed by atoms with Gasteiger partial charge in [-0.1, -0.05) is 11.6 Å². The molecule has 0 saturated heterocycles. The highest BCUT2D eigenvalue weighted by atomic mass is 35.5. The number of nitrogens with one attached hydrogen (secondary N) is 1. The molecule has 2 N–H and O–H groups in total. The Morgan fingerprint density at radius 1 is 1.19 bits per heavy atom. The Morgan fingerprint density at radius 3 is 2.57 bits per heavy atom. The fraction of sp³-hybridized carbons (Fsp3) is 0.312. The number of rotatable bonds is 6. The zero-order valence-electron chi connectivity index (χ0n) is 12.3. The van der Waals surface area contributed by atoms with Gasteiger partial charge in [0.15, 0.2) is 0 Å². The van der Waals surface area contributed by atoms with Crippen LogP contribution in [0.25, 0.3) is 0 Å². The normalized spacial score (nSPS) is 10.4. The second-order valence-electron chi connectivity index (χ2n) is 4.70. The molecule has 0 bridgehead atoms. The number of halogens is 1. The van der Waals surface area contributed by atoms with Crippen LogP contribution in [0.4, 0.5) is 11.5 Å². The van der Waals surface area contributed by atoms with Gasteiger partial charge < -0.3 is 15.3 Å². The fourth-order valence-corrected chi connectivity index (χ4v) is 2.31. The lowest BCUT2D eigenvalue weighted by molar-refractivity contribution is 0.469. The quantitative estimate of drug-likeness (QED) is 0.850. The number of phenols is 1. The molecule has 21 heavy (non-hydrogen) atoms. The highest BCUT2D eigenvalue weighted by Crippen LogP contribution is 2.22. The summed E-state index contributed by atoms with van der Waals surface area (Å²) in [6.07, 6.45) is 1.80. The molecule has 0 spiro atoms. The van der Waals surface area contributed by atoms with Crippen molar-refractivity contribution in [2.24, 2.45) is 0 Å². The largest absolute Gasteiger partial charge is 0.508 e. The van der Waals surface area contributed by atoms with E-state index in [0.717, 1.165) is 30.2 Å². The zero-order valence-corrected chi connectivity index (χ0v) is 13.1. The highest BCUT2D eigenvalue weighted by molar-refractivity contribution is 6.30. The van der Waals surface area contributed by atoms with Crippen molar-refractivity contribution in [3.63, 3.8) is 0 Å². The molecule has 1 heterocycles. The van der Waals surface area contributed by atoms with Crippen molar-refractivity contribution in [3.05, 3.63) is 47.1 Å². The van der Waals surface area contributed by atoms with E-state index in [1.165, 1.54) is 0 Å². The van der Waals surface area contributed by atoms with E-state index in [9.17, 15) is 5.11 Å². The maximum absolute atomic E-state index is 9.77. The van der Waals surface area contributed by atoms with Gasteiger partial charge in [0.05, 0.1) is 11.9 Å². The summed E-state index contributed by atoms with van der Waals surface area (Å²) >= 11 is 5.93. The predicted octanol–water partition coefficient (Wildman–Crippen LogP) is 3.90. The van der Waals surface area contributed by atoms with E-state index in [1.807, 2.05) is 12.1 Å². The van der Waals surface area contributed by atoms with Gasteiger partial charge in [0.1, 0.15) is 11.6 Å². The Labute approximate surface area is 130 Å². The maximum Gasteiger partial charge on any atom is 0.128 e. The topological polar surface area (TPSA) is 48.4 Å². The average Bonchev–Trinajstić information content (AvgIpc) is 2.51. The molecule has 0 aliphatic rings. The van der Waals surface area contributed by atoms with E-state index in [-0.39, 0.29) is 5.75 Å². The second-order valence-corrected chi connectivity index (χ2v) is 5.14. The first kappa shape index (κ1) is 15.4. The van der Waals surface area contributed by atoms with Crippen LogP contribution in [-0.4, -0.2) is 23.2 Å². The van der Waals surface area contributed by atoms with Crippen LogP contribution < -0.4 is 10.2 Å². The molecule has 0 saturated carbocycles. The summed E-state index contributed by atoms with van der Waals surface area (Å²) in [7, 11) is 0. The lowest BCUT2D eigenvalue weighted by Crippen LogP contribution is -2.22. The lowest BCUT2D eigenvalue weighted by atomic mass is 10.2.